The summed E-state index contributed by atoms with van der Waals surface area (Å²) < 4.78 is 3.92. The summed E-state index contributed by atoms with van der Waals surface area (Å²) in [5.74, 6) is 0.0443. The summed E-state index contributed by atoms with van der Waals surface area (Å²) >= 11 is 0. The Morgan fingerprint density at radius 3 is 3.04 bits per heavy atom. The summed E-state index contributed by atoms with van der Waals surface area (Å²) in [4.78, 5) is 14.4. The van der Waals surface area contributed by atoms with Gasteiger partial charge in [0.15, 0.2) is 0 Å². The van der Waals surface area contributed by atoms with Crippen LogP contribution in [-0.2, 0) is 11.3 Å². The molecule has 25 heavy (non-hydrogen) atoms. The number of carbonyl (C=O) groups is 1. The number of hydrogen-bond acceptors (Lipinski definition) is 3. The number of hydrogen-bond donors (Lipinski definition) is 0. The first-order valence-corrected chi connectivity index (χ1v) is 8.67. The van der Waals surface area contributed by atoms with Gasteiger partial charge in [-0.05, 0) is 31.6 Å². The van der Waals surface area contributed by atoms with Gasteiger partial charge in [-0.3, -0.25) is 14.2 Å². The summed E-state index contributed by atoms with van der Waals surface area (Å²) in [6, 6.07) is 10.3. The summed E-state index contributed by atoms with van der Waals surface area (Å²) in [5, 5.41) is 9.88. The van der Waals surface area contributed by atoms with Gasteiger partial charge < -0.3 is 4.90 Å². The summed E-state index contributed by atoms with van der Waals surface area (Å²) in [7, 11) is 0. The van der Waals surface area contributed by atoms with Crippen molar-refractivity contribution in [2.24, 2.45) is 0 Å². The summed E-state index contributed by atoms with van der Waals surface area (Å²) in [5.41, 5.74) is 2.08. The zero-order valence-electron chi connectivity index (χ0n) is 14.2. The highest BCUT2D eigenvalue weighted by atomic mass is 16.2. The Kier molecular flexibility index (Phi) is 4.09. The zero-order valence-corrected chi connectivity index (χ0v) is 14.2. The van der Waals surface area contributed by atoms with Crippen molar-refractivity contribution >= 4 is 22.9 Å². The van der Waals surface area contributed by atoms with E-state index >= 15 is 0 Å². The first kappa shape index (κ1) is 15.6. The van der Waals surface area contributed by atoms with Crippen LogP contribution in [0.15, 0.2) is 48.8 Å². The van der Waals surface area contributed by atoms with Gasteiger partial charge in [0.1, 0.15) is 0 Å². The lowest BCUT2D eigenvalue weighted by Gasteiger charge is -2.15. The monoisotopic (exact) mass is 335 g/mol. The van der Waals surface area contributed by atoms with Crippen LogP contribution < -0.4 is 0 Å². The molecule has 1 aliphatic rings. The maximum absolute atomic E-state index is 12.5. The fraction of sp³-hybridized carbons (Fsp3) is 0.316. The van der Waals surface area contributed by atoms with Gasteiger partial charge in [0.05, 0.1) is 23.4 Å². The number of aryl methyl sites for hydroxylation is 1. The molecule has 3 aromatic rings. The maximum atomic E-state index is 12.5. The normalized spacial score (nSPS) is 17.8. The van der Waals surface area contributed by atoms with E-state index in [9.17, 15) is 4.79 Å². The number of fused-ring (bicyclic) bond motifs is 1. The number of carbonyl (C=O) groups excluding carboxylic acids is 1. The van der Waals surface area contributed by atoms with Gasteiger partial charge in [0.2, 0.25) is 5.91 Å². The molecule has 3 heterocycles. The van der Waals surface area contributed by atoms with Crippen LogP contribution in [0.4, 0.5) is 0 Å². The van der Waals surface area contributed by atoms with Crippen LogP contribution in [0.25, 0.3) is 17.0 Å². The van der Waals surface area contributed by atoms with E-state index in [2.05, 4.69) is 27.0 Å². The Labute approximate surface area is 146 Å². The quantitative estimate of drug-likeness (QED) is 0.689. The van der Waals surface area contributed by atoms with E-state index < -0.39 is 0 Å². The summed E-state index contributed by atoms with van der Waals surface area (Å²) in [6.07, 6.45) is 8.06. The lowest BCUT2D eigenvalue weighted by atomic mass is 10.2. The Morgan fingerprint density at radius 1 is 1.28 bits per heavy atom. The predicted octanol–water partition coefficient (Wildman–Crippen LogP) is 2.74. The third kappa shape index (κ3) is 2.95. The molecule has 0 N–H and O–H groups in total. The van der Waals surface area contributed by atoms with Gasteiger partial charge in [0, 0.05) is 37.3 Å². The van der Waals surface area contributed by atoms with Gasteiger partial charge in [-0.2, -0.15) is 10.2 Å². The van der Waals surface area contributed by atoms with Crippen LogP contribution in [0.3, 0.4) is 0 Å². The van der Waals surface area contributed by atoms with Crippen molar-refractivity contribution in [2.75, 3.05) is 13.1 Å². The third-order valence-corrected chi connectivity index (χ3v) is 4.77. The van der Waals surface area contributed by atoms with Crippen molar-refractivity contribution in [1.29, 1.82) is 0 Å². The molecule has 6 nitrogen and oxygen atoms in total. The molecule has 1 aliphatic heterocycles. The Balaban J connectivity index is 1.46. The number of para-hydroxylation sites is 1. The minimum absolute atomic E-state index is 0.0443. The van der Waals surface area contributed by atoms with Gasteiger partial charge in [-0.25, -0.2) is 0 Å². The van der Waals surface area contributed by atoms with Crippen molar-refractivity contribution in [3.63, 3.8) is 0 Å². The molecule has 4 rings (SSSR count). The molecule has 1 unspecified atom stereocenters. The average molecular weight is 335 g/mol. The SMILES string of the molecule is CCn1nccc1/C=C/C(=O)N1CCC(n2ncc3ccccc32)C1. The molecule has 0 radical (unpaired) electrons. The van der Waals surface area contributed by atoms with E-state index in [1.807, 2.05) is 47.0 Å². The number of amides is 1. The Morgan fingerprint density at radius 2 is 2.16 bits per heavy atom. The Bertz CT molecular complexity index is 923. The van der Waals surface area contributed by atoms with Crippen molar-refractivity contribution < 1.29 is 4.79 Å². The van der Waals surface area contributed by atoms with E-state index in [4.69, 9.17) is 0 Å². The molecule has 1 aromatic carbocycles. The molecular formula is C19H21N5O. The van der Waals surface area contributed by atoms with Crippen molar-refractivity contribution in [2.45, 2.75) is 25.9 Å². The molecule has 1 atom stereocenters. The number of aromatic nitrogens is 4. The van der Waals surface area contributed by atoms with E-state index in [-0.39, 0.29) is 11.9 Å². The highest BCUT2D eigenvalue weighted by Gasteiger charge is 2.27. The number of nitrogens with zero attached hydrogens (tertiary/aromatic N) is 5. The highest BCUT2D eigenvalue weighted by Crippen LogP contribution is 2.25. The van der Waals surface area contributed by atoms with Crippen LogP contribution in [0.1, 0.15) is 25.1 Å². The smallest absolute Gasteiger partial charge is 0.246 e. The van der Waals surface area contributed by atoms with Crippen molar-refractivity contribution in [3.05, 3.63) is 54.5 Å². The largest absolute Gasteiger partial charge is 0.337 e. The third-order valence-electron chi connectivity index (χ3n) is 4.77. The molecular weight excluding hydrogens is 314 g/mol. The van der Waals surface area contributed by atoms with Gasteiger partial charge in [0.25, 0.3) is 0 Å². The first-order valence-electron chi connectivity index (χ1n) is 8.67. The summed E-state index contributed by atoms with van der Waals surface area (Å²) in [6.45, 7) is 4.28. The van der Waals surface area contributed by atoms with Crippen molar-refractivity contribution in [1.82, 2.24) is 24.5 Å². The molecule has 0 aliphatic carbocycles. The molecule has 128 valence electrons. The minimum Gasteiger partial charge on any atom is -0.337 e. The molecule has 2 aromatic heterocycles. The fourth-order valence-corrected chi connectivity index (χ4v) is 3.44. The number of benzene rings is 1. The first-order chi connectivity index (χ1) is 12.3. The second-order valence-corrected chi connectivity index (χ2v) is 6.28. The molecule has 1 saturated heterocycles. The second-order valence-electron chi connectivity index (χ2n) is 6.28. The Hall–Kier alpha value is -2.89. The topological polar surface area (TPSA) is 56.0 Å². The van der Waals surface area contributed by atoms with Crippen LogP contribution in [0.5, 0.6) is 0 Å². The van der Waals surface area contributed by atoms with Crippen LogP contribution >= 0.6 is 0 Å². The maximum Gasteiger partial charge on any atom is 0.246 e. The van der Waals surface area contributed by atoms with Gasteiger partial charge >= 0.3 is 0 Å². The lowest BCUT2D eigenvalue weighted by Crippen LogP contribution is -2.27. The van der Waals surface area contributed by atoms with Gasteiger partial charge in [-0.15, -0.1) is 0 Å². The standard InChI is InChI=1S/C19H21N5O/c1-2-23-16(9-11-20-23)7-8-19(25)22-12-10-17(14-22)24-18-6-4-3-5-15(18)13-21-24/h3-9,11,13,17H,2,10,12,14H2,1H3/b8-7+. The molecule has 0 spiro atoms. The number of likely N-dealkylation sites (tertiary alicyclic amines) is 1. The van der Waals surface area contributed by atoms with Gasteiger partial charge in [-0.1, -0.05) is 18.2 Å². The van der Waals surface area contributed by atoms with E-state index in [1.165, 1.54) is 0 Å². The highest BCUT2D eigenvalue weighted by molar-refractivity contribution is 5.91. The molecule has 6 heteroatoms. The lowest BCUT2D eigenvalue weighted by molar-refractivity contribution is -0.125. The average Bonchev–Trinajstić information content (AvgIpc) is 3.37. The molecule has 1 amide bonds. The zero-order chi connectivity index (χ0) is 17.2. The minimum atomic E-state index is 0.0443. The fourth-order valence-electron chi connectivity index (χ4n) is 3.44. The predicted molar refractivity (Wildman–Crippen MR) is 96.9 cm³/mol. The molecule has 0 saturated carbocycles. The number of rotatable bonds is 4. The second kappa shape index (κ2) is 6.55. The molecule has 0 bridgehead atoms. The van der Waals surface area contributed by atoms with E-state index in [0.717, 1.165) is 36.1 Å². The van der Waals surface area contributed by atoms with Crippen LogP contribution in [0, 0.1) is 0 Å². The van der Waals surface area contributed by atoms with Crippen LogP contribution in [-0.4, -0.2) is 43.5 Å². The van der Waals surface area contributed by atoms with Crippen molar-refractivity contribution in [3.8, 4) is 0 Å². The van der Waals surface area contributed by atoms with E-state index in [1.54, 1.807) is 12.3 Å². The molecule has 1 fully saturated rings. The van der Waals surface area contributed by atoms with E-state index in [0.29, 0.717) is 6.54 Å². The van der Waals surface area contributed by atoms with Crippen LogP contribution in [0.2, 0.25) is 0 Å².